The minimum atomic E-state index is -2.17. The van der Waals surface area contributed by atoms with Gasteiger partial charge in [-0.3, -0.25) is 9.59 Å². The van der Waals surface area contributed by atoms with E-state index in [0.29, 0.717) is 11.1 Å². The fraction of sp³-hybridized carbons (Fsp3) is 0.647. The van der Waals surface area contributed by atoms with Gasteiger partial charge in [-0.2, -0.15) is 0 Å². The minimum absolute atomic E-state index is 0.0460. The average Bonchev–Trinajstić information content (AvgIpc) is 3.51. The van der Waals surface area contributed by atoms with Crippen LogP contribution in [0.5, 0.6) is 23.0 Å². The Hall–Kier alpha value is -4.54. The van der Waals surface area contributed by atoms with E-state index in [0.717, 1.165) is 0 Å². The SMILES string of the molecule is COc1cc(/C=C/C(=O)CC(=O)/C=C/c2ccc(O[C@H]3O[C@H](CO)[C@@H](O[C@H]4O[C@H](CO)[C@@H](O[C@H]5O[C@H](CO)[C@@H](O[C@H]6O[C@H](CO)[C@@H](O[C@H]7O[C@H](CO)[C@@H](O)[C@H](O)[C@H]7O)[C@H](O)[C@H]6O)[C@H](O)[C@H]5O)[C@H](O)[C@H]4O)[C@H](O)[C@H]3O)c(OC)c2)ccc1O. The fourth-order valence-corrected chi connectivity index (χ4v) is 9.59. The van der Waals surface area contributed by atoms with Gasteiger partial charge in [-0.25, -0.2) is 0 Å². The van der Waals surface area contributed by atoms with E-state index in [1.807, 2.05) is 0 Å². The number of ether oxygens (including phenoxy) is 12. The van der Waals surface area contributed by atoms with Crippen molar-refractivity contribution in [2.75, 3.05) is 47.3 Å². The van der Waals surface area contributed by atoms with Crippen LogP contribution in [0.1, 0.15) is 17.5 Å². The molecule has 0 radical (unpaired) electrons. The summed E-state index contributed by atoms with van der Waals surface area (Å²) in [6, 6.07) is 8.75. The fourth-order valence-electron chi connectivity index (χ4n) is 9.59. The van der Waals surface area contributed by atoms with Crippen LogP contribution in [0.15, 0.2) is 48.6 Å². The molecule has 5 aliphatic rings. The molecule has 82 heavy (non-hydrogen) atoms. The molecule has 2 aromatic rings. The predicted octanol–water partition coefficient (Wildman–Crippen LogP) is -7.86. The summed E-state index contributed by atoms with van der Waals surface area (Å²) in [5, 5.41) is 181. The minimum Gasteiger partial charge on any atom is -0.504 e. The van der Waals surface area contributed by atoms with Crippen LogP contribution in [0, 0.1) is 0 Å². The molecular formula is C51H70O31. The van der Waals surface area contributed by atoms with Gasteiger partial charge in [0.1, 0.15) is 122 Å². The summed E-state index contributed by atoms with van der Waals surface area (Å²) in [6.45, 7) is -4.71. The van der Waals surface area contributed by atoms with Crippen molar-refractivity contribution in [3.63, 3.8) is 0 Å². The molecule has 0 amide bonds. The van der Waals surface area contributed by atoms with Gasteiger partial charge in [0, 0.05) is 0 Å². The third kappa shape index (κ3) is 14.6. The number of aliphatic hydroxyl groups excluding tert-OH is 16. The van der Waals surface area contributed by atoms with Gasteiger partial charge in [0.15, 0.2) is 59.7 Å². The van der Waals surface area contributed by atoms with Crippen LogP contribution in [0.3, 0.4) is 0 Å². The van der Waals surface area contributed by atoms with Crippen LogP contribution >= 0.6 is 0 Å². The van der Waals surface area contributed by atoms with Crippen LogP contribution < -0.4 is 14.2 Å². The number of ketones is 2. The number of methoxy groups -OCH3 is 2. The lowest BCUT2D eigenvalue weighted by Crippen LogP contribution is -2.68. The molecule has 460 valence electrons. The lowest BCUT2D eigenvalue weighted by atomic mass is 9.95. The van der Waals surface area contributed by atoms with Gasteiger partial charge in [0.2, 0.25) is 6.29 Å². The molecule has 5 fully saturated rings. The lowest BCUT2D eigenvalue weighted by molar-refractivity contribution is -0.392. The molecule has 0 spiro atoms. The van der Waals surface area contributed by atoms with E-state index in [1.165, 1.54) is 68.9 Å². The summed E-state index contributed by atoms with van der Waals surface area (Å²) in [4.78, 5) is 25.1. The molecule has 31 heteroatoms. The largest absolute Gasteiger partial charge is 0.504 e. The topological polar surface area (TPSA) is 489 Å². The molecule has 5 heterocycles. The number of rotatable bonds is 23. The van der Waals surface area contributed by atoms with Crippen molar-refractivity contribution < 1.29 is 153 Å². The highest BCUT2D eigenvalue weighted by molar-refractivity contribution is 6.10. The second-order valence-electron chi connectivity index (χ2n) is 19.7. The van der Waals surface area contributed by atoms with Gasteiger partial charge in [-0.1, -0.05) is 24.3 Å². The zero-order chi connectivity index (χ0) is 59.9. The Bertz CT molecular complexity index is 2440. The smallest absolute Gasteiger partial charge is 0.229 e. The summed E-state index contributed by atoms with van der Waals surface area (Å²) in [5.74, 6) is -0.908. The first-order valence-electron chi connectivity index (χ1n) is 25.7. The number of hydrogen-bond donors (Lipinski definition) is 17. The van der Waals surface area contributed by atoms with Crippen molar-refractivity contribution >= 4 is 23.7 Å². The molecule has 5 saturated heterocycles. The maximum Gasteiger partial charge on any atom is 0.229 e. The Kier molecular flexibility index (Phi) is 23.0. The molecular weight excluding hydrogens is 1110 g/mol. The maximum absolute atomic E-state index is 12.6. The van der Waals surface area contributed by atoms with E-state index < -0.39 is 205 Å². The number of allylic oxidation sites excluding steroid dienone is 2. The van der Waals surface area contributed by atoms with Crippen molar-refractivity contribution in [1.82, 2.24) is 0 Å². The number of aromatic hydroxyl groups is 1. The van der Waals surface area contributed by atoms with Crippen LogP contribution in [0.25, 0.3) is 12.2 Å². The Labute approximate surface area is 466 Å². The number of carbonyl (C=O) groups excluding carboxylic acids is 2. The zero-order valence-electron chi connectivity index (χ0n) is 43.8. The molecule has 7 rings (SSSR count). The normalized spacial score (nSPS) is 40.0. The summed E-state index contributed by atoms with van der Waals surface area (Å²) >= 11 is 0. The van der Waals surface area contributed by atoms with Gasteiger partial charge in [-0.15, -0.1) is 0 Å². The summed E-state index contributed by atoms with van der Waals surface area (Å²) in [7, 11) is 2.66. The second kappa shape index (κ2) is 29.0. The quantitative estimate of drug-likeness (QED) is 0.0363. The number of benzene rings is 2. The molecule has 25 atom stereocenters. The molecule has 17 N–H and O–H groups in total. The van der Waals surface area contributed by atoms with Crippen molar-refractivity contribution in [2.45, 2.75) is 160 Å². The maximum atomic E-state index is 12.6. The first-order chi connectivity index (χ1) is 39.1. The molecule has 31 nitrogen and oxygen atoms in total. The molecule has 0 saturated carbocycles. The lowest BCUT2D eigenvalue weighted by Gasteiger charge is -2.49. The van der Waals surface area contributed by atoms with E-state index >= 15 is 0 Å². The van der Waals surface area contributed by atoms with Crippen molar-refractivity contribution in [2.24, 2.45) is 0 Å². The first kappa shape index (κ1) is 65.0. The Morgan fingerprint density at radius 1 is 0.415 bits per heavy atom. The standard InChI is InChI=1S/C51H70O31/c1-71-25-11-19(5-9-23(25)59)3-7-21(57)13-22(58)8-4-20-6-10-24(26(12-20)72-2)73-47-39(67)34(62)43(28(15-53)75-47)80-49-41(69)36(64)45(30(17-55)77-49)82-51-42(70)37(65)46(31(18-56)78-51)81-50-40(68)35(63)44(29(16-54)76-50)79-48-38(66)33(61)32(60)27(14-52)74-48/h3-12,27-56,59-70H,13-18H2,1-2H3/b7-3+,8-4+/t27-,28-,29-,30-,31-,32-,33+,34-,35-,36-,37-,38-,39-,40-,41-,42-,43-,44-,45-,46-,47+,48-,49-,50-,51-/m1/s1. The third-order valence-electron chi connectivity index (χ3n) is 14.2. The monoisotopic (exact) mass is 1180 g/mol. The molecule has 2 aromatic carbocycles. The zero-order valence-corrected chi connectivity index (χ0v) is 43.8. The Balaban J connectivity index is 0.927. The van der Waals surface area contributed by atoms with Crippen LogP contribution in [0.4, 0.5) is 0 Å². The third-order valence-corrected chi connectivity index (χ3v) is 14.2. The number of phenols is 1. The molecule has 0 bridgehead atoms. The Morgan fingerprint density at radius 2 is 0.744 bits per heavy atom. The van der Waals surface area contributed by atoms with E-state index in [4.69, 9.17) is 56.8 Å². The van der Waals surface area contributed by atoms with Gasteiger partial charge in [0.25, 0.3) is 0 Å². The Morgan fingerprint density at radius 3 is 1.12 bits per heavy atom. The van der Waals surface area contributed by atoms with Crippen molar-refractivity contribution in [3.05, 3.63) is 59.7 Å². The molecule has 5 aliphatic heterocycles. The molecule has 0 aromatic heterocycles. The highest BCUT2D eigenvalue weighted by Crippen LogP contribution is 2.38. The average molecular weight is 1180 g/mol. The van der Waals surface area contributed by atoms with E-state index in [9.17, 15) is 96.4 Å². The van der Waals surface area contributed by atoms with E-state index in [-0.39, 0.29) is 23.0 Å². The summed E-state index contributed by atoms with van der Waals surface area (Å²) < 4.78 is 67.0. The number of phenolic OH excluding ortho intramolecular Hbond substituents is 1. The van der Waals surface area contributed by atoms with Gasteiger partial charge < -0.3 is 144 Å². The molecule has 0 aliphatic carbocycles. The number of aliphatic hydroxyl groups is 16. The van der Waals surface area contributed by atoms with Crippen LogP contribution in [-0.4, -0.2) is 299 Å². The number of carbonyl (C=O) groups is 2. The van der Waals surface area contributed by atoms with Crippen molar-refractivity contribution in [3.8, 4) is 23.0 Å². The predicted molar refractivity (Wildman–Crippen MR) is 265 cm³/mol. The van der Waals surface area contributed by atoms with Crippen LogP contribution in [0.2, 0.25) is 0 Å². The van der Waals surface area contributed by atoms with Gasteiger partial charge in [0.05, 0.1) is 53.7 Å². The molecule has 0 unspecified atom stereocenters. The van der Waals surface area contributed by atoms with E-state index in [2.05, 4.69) is 0 Å². The second-order valence-corrected chi connectivity index (χ2v) is 19.7. The first-order valence-corrected chi connectivity index (χ1v) is 25.7. The summed E-state index contributed by atoms with van der Waals surface area (Å²) in [5.41, 5.74) is 0.962. The number of hydrogen-bond acceptors (Lipinski definition) is 31. The highest BCUT2D eigenvalue weighted by Gasteiger charge is 2.56. The van der Waals surface area contributed by atoms with E-state index in [1.54, 1.807) is 6.07 Å². The van der Waals surface area contributed by atoms with Crippen molar-refractivity contribution in [1.29, 1.82) is 0 Å². The summed E-state index contributed by atoms with van der Waals surface area (Å²) in [6.07, 6.45) is -42.1. The van der Waals surface area contributed by atoms with Gasteiger partial charge >= 0.3 is 0 Å². The van der Waals surface area contributed by atoms with Gasteiger partial charge in [-0.05, 0) is 47.5 Å². The highest BCUT2D eigenvalue weighted by atomic mass is 16.8. The van der Waals surface area contributed by atoms with Crippen LogP contribution in [-0.2, 0) is 52.2 Å².